The molecule has 0 unspecified atom stereocenters. The van der Waals surface area contributed by atoms with Gasteiger partial charge in [-0.15, -0.1) is 0 Å². The van der Waals surface area contributed by atoms with E-state index in [1.807, 2.05) is 18.2 Å². The molecular weight excluding hydrogens is 306 g/mol. The van der Waals surface area contributed by atoms with Crippen LogP contribution in [-0.2, 0) is 0 Å². The standard InChI is InChI=1S/C23H19NO/c1-25-20-12-13-22-19(15-20)16-23(24-22)21(18-10-6-3-7-11-18)14-17-8-4-2-5-9-17/h2-16,24H,1H3/b21-14-. The third-order valence-electron chi connectivity index (χ3n) is 4.31. The molecule has 0 amide bonds. The molecule has 25 heavy (non-hydrogen) atoms. The van der Waals surface area contributed by atoms with E-state index in [2.05, 4.69) is 77.8 Å². The Balaban J connectivity index is 1.87. The summed E-state index contributed by atoms with van der Waals surface area (Å²) in [6.07, 6.45) is 2.22. The van der Waals surface area contributed by atoms with Crippen LogP contribution in [0, 0.1) is 0 Å². The van der Waals surface area contributed by atoms with Crippen molar-refractivity contribution in [1.29, 1.82) is 0 Å². The predicted molar refractivity (Wildman–Crippen MR) is 105 cm³/mol. The highest BCUT2D eigenvalue weighted by atomic mass is 16.5. The molecule has 0 aliphatic rings. The minimum Gasteiger partial charge on any atom is -0.497 e. The summed E-state index contributed by atoms with van der Waals surface area (Å²) in [5.41, 5.74) is 5.73. The van der Waals surface area contributed by atoms with Crippen LogP contribution in [0.2, 0.25) is 0 Å². The van der Waals surface area contributed by atoms with Crippen LogP contribution in [0.25, 0.3) is 22.6 Å². The van der Waals surface area contributed by atoms with Gasteiger partial charge in [0.15, 0.2) is 0 Å². The molecule has 0 fully saturated rings. The maximum atomic E-state index is 5.34. The SMILES string of the molecule is COc1ccc2[nH]c(/C(=C\c3ccccc3)c3ccccc3)cc2c1. The van der Waals surface area contributed by atoms with Crippen molar-refractivity contribution >= 4 is 22.6 Å². The molecule has 1 N–H and O–H groups in total. The number of fused-ring (bicyclic) bond motifs is 1. The molecule has 0 atom stereocenters. The average molecular weight is 325 g/mol. The fourth-order valence-corrected chi connectivity index (χ4v) is 3.03. The first-order valence-corrected chi connectivity index (χ1v) is 8.33. The van der Waals surface area contributed by atoms with Crippen molar-refractivity contribution in [3.8, 4) is 5.75 Å². The van der Waals surface area contributed by atoms with E-state index in [1.165, 1.54) is 16.7 Å². The third kappa shape index (κ3) is 3.20. The first-order valence-electron chi connectivity index (χ1n) is 8.33. The molecule has 2 heteroatoms. The maximum Gasteiger partial charge on any atom is 0.119 e. The van der Waals surface area contributed by atoms with E-state index in [1.54, 1.807) is 7.11 Å². The van der Waals surface area contributed by atoms with Gasteiger partial charge < -0.3 is 9.72 Å². The number of ether oxygens (including phenoxy) is 1. The number of benzene rings is 3. The molecular formula is C23H19NO. The van der Waals surface area contributed by atoms with Gasteiger partial charge in [0.05, 0.1) is 7.11 Å². The third-order valence-corrected chi connectivity index (χ3v) is 4.31. The summed E-state index contributed by atoms with van der Waals surface area (Å²) in [7, 11) is 1.69. The Kier molecular flexibility index (Phi) is 4.09. The second kappa shape index (κ2) is 6.70. The molecule has 0 saturated carbocycles. The van der Waals surface area contributed by atoms with Crippen LogP contribution in [0.3, 0.4) is 0 Å². The van der Waals surface area contributed by atoms with Crippen LogP contribution in [0.5, 0.6) is 5.75 Å². The van der Waals surface area contributed by atoms with Crippen molar-refractivity contribution in [3.63, 3.8) is 0 Å². The van der Waals surface area contributed by atoms with Gasteiger partial charge in [0.2, 0.25) is 0 Å². The Morgan fingerprint density at radius 3 is 2.28 bits per heavy atom. The zero-order valence-corrected chi connectivity index (χ0v) is 14.1. The van der Waals surface area contributed by atoms with Gasteiger partial charge in [0.1, 0.15) is 5.75 Å². The normalized spacial score (nSPS) is 11.6. The zero-order valence-electron chi connectivity index (χ0n) is 14.1. The van der Waals surface area contributed by atoms with Gasteiger partial charge in [0.25, 0.3) is 0 Å². The molecule has 0 aliphatic heterocycles. The lowest BCUT2D eigenvalue weighted by molar-refractivity contribution is 0.415. The molecule has 0 radical (unpaired) electrons. The lowest BCUT2D eigenvalue weighted by atomic mass is 10.00. The predicted octanol–water partition coefficient (Wildman–Crippen LogP) is 5.77. The van der Waals surface area contributed by atoms with E-state index in [-0.39, 0.29) is 0 Å². The van der Waals surface area contributed by atoms with Gasteiger partial charge >= 0.3 is 0 Å². The Morgan fingerprint density at radius 1 is 0.840 bits per heavy atom. The number of aromatic nitrogens is 1. The van der Waals surface area contributed by atoms with E-state index in [9.17, 15) is 0 Å². The Morgan fingerprint density at radius 2 is 1.56 bits per heavy atom. The molecule has 122 valence electrons. The van der Waals surface area contributed by atoms with Gasteiger partial charge in [-0.1, -0.05) is 60.7 Å². The minimum atomic E-state index is 0.867. The Bertz CT molecular complexity index is 1010. The summed E-state index contributed by atoms with van der Waals surface area (Å²) in [4.78, 5) is 3.54. The van der Waals surface area contributed by atoms with Gasteiger partial charge in [-0.2, -0.15) is 0 Å². The summed E-state index contributed by atoms with van der Waals surface area (Å²) in [6.45, 7) is 0. The van der Waals surface area contributed by atoms with Crippen LogP contribution in [-0.4, -0.2) is 12.1 Å². The fraction of sp³-hybridized carbons (Fsp3) is 0.0435. The summed E-state index contributed by atoms with van der Waals surface area (Å²) < 4.78 is 5.34. The van der Waals surface area contributed by atoms with E-state index in [4.69, 9.17) is 4.74 Å². The largest absolute Gasteiger partial charge is 0.497 e. The van der Waals surface area contributed by atoms with Crippen molar-refractivity contribution in [2.75, 3.05) is 7.11 Å². The van der Waals surface area contributed by atoms with Crippen LogP contribution in [0.15, 0.2) is 84.9 Å². The number of hydrogen-bond acceptors (Lipinski definition) is 1. The lowest BCUT2D eigenvalue weighted by Crippen LogP contribution is -1.88. The lowest BCUT2D eigenvalue weighted by Gasteiger charge is -2.06. The van der Waals surface area contributed by atoms with E-state index < -0.39 is 0 Å². The molecule has 1 heterocycles. The van der Waals surface area contributed by atoms with E-state index in [0.29, 0.717) is 0 Å². The minimum absolute atomic E-state index is 0.867. The van der Waals surface area contributed by atoms with Crippen LogP contribution in [0.1, 0.15) is 16.8 Å². The average Bonchev–Trinajstić information content (AvgIpc) is 3.10. The molecule has 0 aliphatic carbocycles. The zero-order chi connectivity index (χ0) is 17.1. The summed E-state index contributed by atoms with van der Waals surface area (Å²) in [6, 6.07) is 29.1. The summed E-state index contributed by atoms with van der Waals surface area (Å²) >= 11 is 0. The molecule has 4 aromatic rings. The number of nitrogens with one attached hydrogen (secondary N) is 1. The summed E-state index contributed by atoms with van der Waals surface area (Å²) in [5, 5.41) is 1.14. The van der Waals surface area contributed by atoms with Crippen molar-refractivity contribution in [3.05, 3.63) is 102 Å². The smallest absolute Gasteiger partial charge is 0.119 e. The molecule has 0 bridgehead atoms. The van der Waals surface area contributed by atoms with Crippen molar-refractivity contribution in [2.24, 2.45) is 0 Å². The van der Waals surface area contributed by atoms with Gasteiger partial charge in [-0.25, -0.2) is 0 Å². The van der Waals surface area contributed by atoms with Crippen molar-refractivity contribution < 1.29 is 4.74 Å². The Labute approximate surface area is 147 Å². The first-order chi connectivity index (χ1) is 12.3. The highest BCUT2D eigenvalue weighted by molar-refractivity contribution is 5.95. The monoisotopic (exact) mass is 325 g/mol. The summed E-state index contributed by atoms with van der Waals surface area (Å²) in [5.74, 6) is 0.867. The van der Waals surface area contributed by atoms with Crippen molar-refractivity contribution in [1.82, 2.24) is 4.98 Å². The second-order valence-corrected chi connectivity index (χ2v) is 5.97. The Hall–Kier alpha value is -3.26. The molecule has 0 saturated heterocycles. The molecule has 3 aromatic carbocycles. The van der Waals surface area contributed by atoms with Gasteiger partial charge in [-0.05, 0) is 41.5 Å². The van der Waals surface area contributed by atoms with Gasteiger partial charge in [-0.3, -0.25) is 0 Å². The van der Waals surface area contributed by atoms with Crippen molar-refractivity contribution in [2.45, 2.75) is 0 Å². The fourth-order valence-electron chi connectivity index (χ4n) is 3.03. The number of rotatable bonds is 4. The number of hydrogen-bond donors (Lipinski definition) is 1. The van der Waals surface area contributed by atoms with E-state index in [0.717, 1.165) is 22.3 Å². The van der Waals surface area contributed by atoms with Gasteiger partial charge in [0, 0.05) is 22.2 Å². The molecule has 4 rings (SSSR count). The first kappa shape index (κ1) is 15.3. The highest BCUT2D eigenvalue weighted by Crippen LogP contribution is 2.29. The number of aromatic amines is 1. The quantitative estimate of drug-likeness (QED) is 0.474. The highest BCUT2D eigenvalue weighted by Gasteiger charge is 2.09. The topological polar surface area (TPSA) is 25.0 Å². The second-order valence-electron chi connectivity index (χ2n) is 5.97. The molecule has 2 nitrogen and oxygen atoms in total. The van der Waals surface area contributed by atoms with Crippen LogP contribution < -0.4 is 4.74 Å². The van der Waals surface area contributed by atoms with E-state index >= 15 is 0 Å². The molecule has 0 spiro atoms. The molecule has 1 aromatic heterocycles. The number of methoxy groups -OCH3 is 1. The van der Waals surface area contributed by atoms with Crippen LogP contribution >= 0.6 is 0 Å². The maximum absolute atomic E-state index is 5.34. The number of H-pyrrole nitrogens is 1. The van der Waals surface area contributed by atoms with Crippen LogP contribution in [0.4, 0.5) is 0 Å².